The van der Waals surface area contributed by atoms with E-state index >= 15 is 0 Å². The highest BCUT2D eigenvalue weighted by atomic mass is 16.3. The van der Waals surface area contributed by atoms with Crippen LogP contribution < -0.4 is 5.32 Å². The SMILES string of the molecule is Cc1cc(NCC2(C)CCCCC2O)nc(C(C)C)n1. The molecule has 112 valence electrons. The van der Waals surface area contributed by atoms with Gasteiger partial charge >= 0.3 is 0 Å². The Hall–Kier alpha value is -1.16. The van der Waals surface area contributed by atoms with E-state index in [4.69, 9.17) is 0 Å². The van der Waals surface area contributed by atoms with Gasteiger partial charge in [-0.15, -0.1) is 0 Å². The van der Waals surface area contributed by atoms with Gasteiger partial charge < -0.3 is 10.4 Å². The van der Waals surface area contributed by atoms with Crippen LogP contribution in [0.4, 0.5) is 5.82 Å². The number of aliphatic hydroxyl groups excluding tert-OH is 1. The van der Waals surface area contributed by atoms with Crippen molar-refractivity contribution in [2.45, 2.75) is 65.4 Å². The maximum Gasteiger partial charge on any atom is 0.133 e. The highest BCUT2D eigenvalue weighted by Crippen LogP contribution is 2.36. The number of anilines is 1. The average molecular weight is 277 g/mol. The summed E-state index contributed by atoms with van der Waals surface area (Å²) in [6, 6.07) is 1.98. The van der Waals surface area contributed by atoms with E-state index in [2.05, 4.69) is 36.1 Å². The Morgan fingerprint density at radius 2 is 2.15 bits per heavy atom. The van der Waals surface area contributed by atoms with Crippen LogP contribution in [0.15, 0.2) is 6.07 Å². The Morgan fingerprint density at radius 3 is 2.80 bits per heavy atom. The van der Waals surface area contributed by atoms with Gasteiger partial charge in [0.25, 0.3) is 0 Å². The van der Waals surface area contributed by atoms with Gasteiger partial charge in [-0.1, -0.05) is 33.6 Å². The molecule has 4 nitrogen and oxygen atoms in total. The van der Waals surface area contributed by atoms with Gasteiger partial charge in [-0.3, -0.25) is 0 Å². The second kappa shape index (κ2) is 6.08. The molecule has 0 aromatic carbocycles. The van der Waals surface area contributed by atoms with Crippen molar-refractivity contribution in [2.24, 2.45) is 5.41 Å². The van der Waals surface area contributed by atoms with Crippen molar-refractivity contribution >= 4 is 5.82 Å². The van der Waals surface area contributed by atoms with Crippen LogP contribution in [-0.2, 0) is 0 Å². The lowest BCUT2D eigenvalue weighted by atomic mass is 9.73. The quantitative estimate of drug-likeness (QED) is 0.887. The number of nitrogens with one attached hydrogen (secondary N) is 1. The van der Waals surface area contributed by atoms with Crippen molar-refractivity contribution in [3.63, 3.8) is 0 Å². The number of aliphatic hydroxyl groups is 1. The van der Waals surface area contributed by atoms with E-state index in [-0.39, 0.29) is 11.5 Å². The van der Waals surface area contributed by atoms with E-state index < -0.39 is 0 Å². The zero-order valence-electron chi connectivity index (χ0n) is 13.1. The predicted octanol–water partition coefficient (Wildman–Crippen LogP) is 3.26. The lowest BCUT2D eigenvalue weighted by Gasteiger charge is -2.38. The molecule has 1 heterocycles. The molecule has 0 saturated heterocycles. The van der Waals surface area contributed by atoms with Gasteiger partial charge in [0.05, 0.1) is 6.10 Å². The zero-order valence-corrected chi connectivity index (χ0v) is 13.1. The fraction of sp³-hybridized carbons (Fsp3) is 0.750. The van der Waals surface area contributed by atoms with Crippen molar-refractivity contribution in [1.82, 2.24) is 9.97 Å². The third kappa shape index (κ3) is 3.48. The summed E-state index contributed by atoms with van der Waals surface area (Å²) in [5, 5.41) is 13.6. The molecule has 4 heteroatoms. The maximum atomic E-state index is 10.2. The van der Waals surface area contributed by atoms with Crippen LogP contribution in [0, 0.1) is 12.3 Å². The van der Waals surface area contributed by atoms with Gasteiger partial charge in [0, 0.05) is 29.6 Å². The first-order chi connectivity index (χ1) is 9.40. The molecule has 1 aromatic rings. The summed E-state index contributed by atoms with van der Waals surface area (Å²) < 4.78 is 0. The van der Waals surface area contributed by atoms with Gasteiger partial charge in [-0.2, -0.15) is 0 Å². The molecule has 1 aromatic heterocycles. The van der Waals surface area contributed by atoms with Gasteiger partial charge in [-0.25, -0.2) is 9.97 Å². The standard InChI is InChI=1S/C16H27N3O/c1-11(2)15-18-12(3)9-14(19-15)17-10-16(4)8-6-5-7-13(16)20/h9,11,13,20H,5-8,10H2,1-4H3,(H,17,18,19). The number of aryl methyl sites for hydroxylation is 1. The number of nitrogens with zero attached hydrogens (tertiary/aromatic N) is 2. The first-order valence-electron chi connectivity index (χ1n) is 7.68. The molecule has 0 radical (unpaired) electrons. The normalized spacial score (nSPS) is 26.8. The molecule has 1 saturated carbocycles. The van der Waals surface area contributed by atoms with Crippen LogP contribution in [0.5, 0.6) is 0 Å². The van der Waals surface area contributed by atoms with Crippen molar-refractivity contribution < 1.29 is 5.11 Å². The summed E-state index contributed by atoms with van der Waals surface area (Å²) in [7, 11) is 0. The molecule has 2 N–H and O–H groups in total. The molecule has 2 unspecified atom stereocenters. The van der Waals surface area contributed by atoms with Crippen LogP contribution in [0.1, 0.15) is 63.9 Å². The second-order valence-corrected chi connectivity index (χ2v) is 6.68. The van der Waals surface area contributed by atoms with Gasteiger partial charge in [-0.05, 0) is 19.8 Å². The Labute approximate surface area is 122 Å². The smallest absolute Gasteiger partial charge is 0.133 e. The summed E-state index contributed by atoms with van der Waals surface area (Å²) >= 11 is 0. The average Bonchev–Trinajstić information content (AvgIpc) is 2.40. The van der Waals surface area contributed by atoms with Crippen LogP contribution in [0.25, 0.3) is 0 Å². The molecule has 2 atom stereocenters. The van der Waals surface area contributed by atoms with Crippen LogP contribution in [0.3, 0.4) is 0 Å². The summed E-state index contributed by atoms with van der Waals surface area (Å²) in [6.07, 6.45) is 4.12. The topological polar surface area (TPSA) is 58.0 Å². The highest BCUT2D eigenvalue weighted by molar-refractivity contribution is 5.36. The Bertz CT molecular complexity index is 461. The first-order valence-corrected chi connectivity index (χ1v) is 7.68. The third-order valence-electron chi connectivity index (χ3n) is 4.34. The van der Waals surface area contributed by atoms with Crippen molar-refractivity contribution in [2.75, 3.05) is 11.9 Å². The van der Waals surface area contributed by atoms with E-state index in [1.54, 1.807) is 0 Å². The predicted molar refractivity (Wildman–Crippen MR) is 81.9 cm³/mol. The Kier molecular flexibility index (Phi) is 4.63. The number of rotatable bonds is 4. The lowest BCUT2D eigenvalue weighted by molar-refractivity contribution is 0.00958. The molecular weight excluding hydrogens is 250 g/mol. The Balaban J connectivity index is 2.06. The summed E-state index contributed by atoms with van der Waals surface area (Å²) in [6.45, 7) is 9.13. The fourth-order valence-corrected chi connectivity index (χ4v) is 2.82. The monoisotopic (exact) mass is 277 g/mol. The summed E-state index contributed by atoms with van der Waals surface area (Å²) in [5.74, 6) is 2.08. The molecule has 0 spiro atoms. The molecule has 2 rings (SSSR count). The molecule has 0 aliphatic heterocycles. The van der Waals surface area contributed by atoms with E-state index in [1.165, 1.54) is 6.42 Å². The lowest BCUT2D eigenvalue weighted by Crippen LogP contribution is -2.41. The minimum atomic E-state index is -0.212. The summed E-state index contributed by atoms with van der Waals surface area (Å²) in [5.41, 5.74) is 0.940. The third-order valence-corrected chi connectivity index (χ3v) is 4.34. The van der Waals surface area contributed by atoms with Crippen LogP contribution >= 0.6 is 0 Å². The molecule has 0 bridgehead atoms. The first kappa shape index (κ1) is 15.2. The number of aromatic nitrogens is 2. The van der Waals surface area contributed by atoms with Gasteiger partial charge in [0.1, 0.15) is 11.6 Å². The molecule has 1 aliphatic rings. The molecule has 20 heavy (non-hydrogen) atoms. The number of hydrogen-bond donors (Lipinski definition) is 2. The maximum absolute atomic E-state index is 10.2. The van der Waals surface area contributed by atoms with Gasteiger partial charge in [0.2, 0.25) is 0 Å². The van der Waals surface area contributed by atoms with E-state index in [0.717, 1.165) is 43.1 Å². The minimum absolute atomic E-state index is 0.0465. The van der Waals surface area contributed by atoms with E-state index in [9.17, 15) is 5.11 Å². The Morgan fingerprint density at radius 1 is 1.40 bits per heavy atom. The summed E-state index contributed by atoms with van der Waals surface area (Å²) in [4.78, 5) is 9.03. The molecule has 1 fully saturated rings. The van der Waals surface area contributed by atoms with E-state index in [0.29, 0.717) is 5.92 Å². The van der Waals surface area contributed by atoms with Crippen LogP contribution in [0.2, 0.25) is 0 Å². The molecule has 0 amide bonds. The number of hydrogen-bond acceptors (Lipinski definition) is 4. The van der Waals surface area contributed by atoms with Crippen molar-refractivity contribution in [3.05, 3.63) is 17.6 Å². The fourth-order valence-electron chi connectivity index (χ4n) is 2.82. The van der Waals surface area contributed by atoms with Crippen molar-refractivity contribution in [1.29, 1.82) is 0 Å². The molecular formula is C16H27N3O. The largest absolute Gasteiger partial charge is 0.392 e. The zero-order chi connectivity index (χ0) is 14.8. The minimum Gasteiger partial charge on any atom is -0.392 e. The van der Waals surface area contributed by atoms with Crippen LogP contribution in [-0.4, -0.2) is 27.7 Å². The van der Waals surface area contributed by atoms with Gasteiger partial charge in [0.15, 0.2) is 0 Å². The highest BCUT2D eigenvalue weighted by Gasteiger charge is 2.35. The molecule has 1 aliphatic carbocycles. The van der Waals surface area contributed by atoms with Crippen molar-refractivity contribution in [3.8, 4) is 0 Å². The van der Waals surface area contributed by atoms with E-state index in [1.807, 2.05) is 13.0 Å². The second-order valence-electron chi connectivity index (χ2n) is 6.68.